The summed E-state index contributed by atoms with van der Waals surface area (Å²) in [5.41, 5.74) is 0.544. The molecule has 1 rings (SSSR count). The second kappa shape index (κ2) is 9.75. The number of carbonyl (C=O) groups is 1. The molecule has 0 aliphatic rings. The van der Waals surface area contributed by atoms with E-state index >= 15 is 0 Å². The van der Waals surface area contributed by atoms with Crippen molar-refractivity contribution in [3.63, 3.8) is 0 Å². The monoisotopic (exact) mass is 292 g/mol. The Morgan fingerprint density at radius 3 is 2.71 bits per heavy atom. The molecule has 0 saturated carbocycles. The van der Waals surface area contributed by atoms with Gasteiger partial charge in [-0.2, -0.15) is 5.26 Å². The van der Waals surface area contributed by atoms with Gasteiger partial charge in [-0.3, -0.25) is 4.79 Å². The van der Waals surface area contributed by atoms with Gasteiger partial charge < -0.3 is 19.9 Å². The van der Waals surface area contributed by atoms with Gasteiger partial charge in [0.1, 0.15) is 5.75 Å². The Morgan fingerprint density at radius 2 is 2.10 bits per heavy atom. The molecule has 0 radical (unpaired) electrons. The number of hydrogen-bond donors (Lipinski definition) is 2. The number of benzene rings is 1. The number of nitriles is 1. The molecule has 0 aliphatic carbocycles. The van der Waals surface area contributed by atoms with Crippen molar-refractivity contribution in [3.8, 4) is 11.8 Å². The molecule has 1 aromatic carbocycles. The van der Waals surface area contributed by atoms with Crippen molar-refractivity contribution in [2.24, 2.45) is 0 Å². The minimum Gasteiger partial charge on any atom is -0.481 e. The zero-order valence-electron chi connectivity index (χ0n) is 12.0. The molecule has 0 aliphatic heterocycles. The van der Waals surface area contributed by atoms with Gasteiger partial charge in [-0.1, -0.05) is 0 Å². The summed E-state index contributed by atoms with van der Waals surface area (Å²) in [6, 6.07) is 8.61. The number of aliphatic hydroxyl groups excluding tert-OH is 1. The minimum atomic E-state index is -0.615. The van der Waals surface area contributed by atoms with Crippen molar-refractivity contribution in [2.45, 2.75) is 19.4 Å². The Morgan fingerprint density at radius 1 is 1.38 bits per heavy atom. The van der Waals surface area contributed by atoms with Crippen molar-refractivity contribution >= 4 is 5.91 Å². The van der Waals surface area contributed by atoms with Crippen LogP contribution in [0, 0.1) is 11.3 Å². The van der Waals surface area contributed by atoms with E-state index in [1.807, 2.05) is 6.07 Å². The van der Waals surface area contributed by atoms with Gasteiger partial charge in [-0.15, -0.1) is 0 Å². The molecule has 0 bridgehead atoms. The molecular weight excluding hydrogens is 272 g/mol. The number of nitrogens with zero attached hydrogens (tertiary/aromatic N) is 1. The summed E-state index contributed by atoms with van der Waals surface area (Å²) < 4.78 is 10.6. The number of ether oxygens (including phenoxy) is 2. The molecule has 0 heterocycles. The van der Waals surface area contributed by atoms with E-state index in [1.165, 1.54) is 0 Å². The van der Waals surface area contributed by atoms with Crippen LogP contribution in [-0.2, 0) is 9.53 Å². The summed E-state index contributed by atoms with van der Waals surface area (Å²) in [4.78, 5) is 11.8. The Bertz CT molecular complexity index is 468. The third-order valence-corrected chi connectivity index (χ3v) is 2.67. The first kappa shape index (κ1) is 17.0. The highest BCUT2D eigenvalue weighted by Crippen LogP contribution is 2.13. The summed E-state index contributed by atoms with van der Waals surface area (Å²) in [5, 5.41) is 20.0. The van der Waals surface area contributed by atoms with Gasteiger partial charge in [-0.25, -0.2) is 0 Å². The van der Waals surface area contributed by atoms with E-state index in [2.05, 4.69) is 5.32 Å². The van der Waals surface area contributed by atoms with E-state index in [0.717, 1.165) is 0 Å². The van der Waals surface area contributed by atoms with Crippen LogP contribution >= 0.6 is 0 Å². The van der Waals surface area contributed by atoms with Crippen LogP contribution in [0.15, 0.2) is 24.3 Å². The highest BCUT2D eigenvalue weighted by molar-refractivity contribution is 5.80. The molecule has 2 N–H and O–H groups in total. The number of rotatable bonds is 9. The van der Waals surface area contributed by atoms with Gasteiger partial charge in [0.2, 0.25) is 0 Å². The van der Waals surface area contributed by atoms with E-state index in [4.69, 9.17) is 19.8 Å². The maximum Gasteiger partial charge on any atom is 0.260 e. The van der Waals surface area contributed by atoms with Gasteiger partial charge in [0, 0.05) is 13.2 Å². The van der Waals surface area contributed by atoms with Crippen molar-refractivity contribution < 1.29 is 19.4 Å². The van der Waals surface area contributed by atoms with Crippen molar-refractivity contribution in [1.82, 2.24) is 5.32 Å². The van der Waals surface area contributed by atoms with Crippen LogP contribution < -0.4 is 10.1 Å². The molecule has 6 nitrogen and oxygen atoms in total. The number of hydrogen-bond acceptors (Lipinski definition) is 5. The van der Waals surface area contributed by atoms with Crippen LogP contribution in [-0.4, -0.2) is 43.5 Å². The molecule has 1 unspecified atom stereocenters. The molecule has 0 spiro atoms. The fourth-order valence-corrected chi connectivity index (χ4v) is 1.56. The van der Waals surface area contributed by atoms with E-state index in [0.29, 0.717) is 37.5 Å². The standard InChI is InChI=1S/C15H20N2O4/c1-12(15(19)17-7-2-9-20-10-8-18)21-14-5-3-13(11-16)4-6-14/h3-6,12,18H,2,7-10H2,1H3,(H,17,19). The lowest BCUT2D eigenvalue weighted by Gasteiger charge is -2.14. The smallest absolute Gasteiger partial charge is 0.260 e. The van der Waals surface area contributed by atoms with Gasteiger partial charge >= 0.3 is 0 Å². The fourth-order valence-electron chi connectivity index (χ4n) is 1.56. The summed E-state index contributed by atoms with van der Waals surface area (Å²) in [5.74, 6) is 0.337. The molecule has 114 valence electrons. The number of nitrogens with one attached hydrogen (secondary N) is 1. The molecule has 1 atom stereocenters. The van der Waals surface area contributed by atoms with Crippen LogP contribution in [0.4, 0.5) is 0 Å². The Balaban J connectivity index is 2.25. The lowest BCUT2D eigenvalue weighted by molar-refractivity contribution is -0.127. The molecule has 6 heteroatoms. The summed E-state index contributed by atoms with van der Waals surface area (Å²) >= 11 is 0. The van der Waals surface area contributed by atoms with Crippen molar-refractivity contribution in [3.05, 3.63) is 29.8 Å². The van der Waals surface area contributed by atoms with Gasteiger partial charge in [-0.05, 0) is 37.6 Å². The third kappa shape index (κ3) is 6.75. The van der Waals surface area contributed by atoms with E-state index in [9.17, 15) is 4.79 Å². The number of aliphatic hydroxyl groups is 1. The lowest BCUT2D eigenvalue weighted by atomic mass is 10.2. The highest BCUT2D eigenvalue weighted by Gasteiger charge is 2.13. The first-order chi connectivity index (χ1) is 10.2. The average molecular weight is 292 g/mol. The maximum atomic E-state index is 11.8. The first-order valence-electron chi connectivity index (χ1n) is 6.80. The first-order valence-corrected chi connectivity index (χ1v) is 6.80. The third-order valence-electron chi connectivity index (χ3n) is 2.67. The number of amides is 1. The van der Waals surface area contributed by atoms with E-state index < -0.39 is 6.10 Å². The zero-order chi connectivity index (χ0) is 15.5. The SMILES string of the molecule is CC(Oc1ccc(C#N)cc1)C(=O)NCCCOCCO. The minimum absolute atomic E-state index is 0.00181. The molecule has 21 heavy (non-hydrogen) atoms. The Hall–Kier alpha value is -2.10. The maximum absolute atomic E-state index is 11.8. The second-order valence-corrected chi connectivity index (χ2v) is 4.38. The molecule has 0 saturated heterocycles. The molecule has 1 amide bonds. The Kier molecular flexibility index (Phi) is 7.87. The van der Waals surface area contributed by atoms with Crippen molar-refractivity contribution in [2.75, 3.05) is 26.4 Å². The molecular formula is C15H20N2O4. The second-order valence-electron chi connectivity index (χ2n) is 4.38. The normalized spacial score (nSPS) is 11.5. The zero-order valence-corrected chi connectivity index (χ0v) is 12.0. The average Bonchev–Trinajstić information content (AvgIpc) is 2.51. The van der Waals surface area contributed by atoms with E-state index in [-0.39, 0.29) is 12.5 Å². The van der Waals surface area contributed by atoms with Crippen molar-refractivity contribution in [1.29, 1.82) is 5.26 Å². The van der Waals surface area contributed by atoms with E-state index in [1.54, 1.807) is 31.2 Å². The summed E-state index contributed by atoms with van der Waals surface area (Å²) in [7, 11) is 0. The lowest BCUT2D eigenvalue weighted by Crippen LogP contribution is -2.37. The van der Waals surface area contributed by atoms with Gasteiger partial charge in [0.05, 0.1) is 24.8 Å². The van der Waals surface area contributed by atoms with Crippen LogP contribution in [0.5, 0.6) is 5.75 Å². The highest BCUT2D eigenvalue weighted by atomic mass is 16.5. The van der Waals surface area contributed by atoms with Gasteiger partial charge in [0.25, 0.3) is 5.91 Å². The van der Waals surface area contributed by atoms with Gasteiger partial charge in [0.15, 0.2) is 6.10 Å². The molecule has 0 fully saturated rings. The van der Waals surface area contributed by atoms with Crippen LogP contribution in [0.2, 0.25) is 0 Å². The quantitative estimate of drug-likeness (QED) is 0.658. The van der Waals surface area contributed by atoms with Crippen LogP contribution in [0.1, 0.15) is 18.9 Å². The summed E-state index contributed by atoms with van der Waals surface area (Å²) in [6.07, 6.45) is 0.0614. The number of carbonyl (C=O) groups excluding carboxylic acids is 1. The van der Waals surface area contributed by atoms with Crippen LogP contribution in [0.25, 0.3) is 0 Å². The largest absolute Gasteiger partial charge is 0.481 e. The topological polar surface area (TPSA) is 91.6 Å². The summed E-state index contributed by atoms with van der Waals surface area (Å²) in [6.45, 7) is 2.96. The fraction of sp³-hybridized carbons (Fsp3) is 0.467. The predicted octanol–water partition coefficient (Wildman–Crippen LogP) is 0.841. The predicted molar refractivity (Wildman–Crippen MR) is 76.8 cm³/mol. The molecule has 0 aromatic heterocycles. The Labute approximate surface area is 124 Å². The molecule has 1 aromatic rings. The van der Waals surface area contributed by atoms with Crippen LogP contribution in [0.3, 0.4) is 0 Å².